The normalized spacial score (nSPS) is 16.6. The molecule has 0 aromatic carbocycles. The number of hydrogen-bond acceptors (Lipinski definition) is 6. The minimum Gasteiger partial charge on any atom is -0.444 e. The van der Waals surface area contributed by atoms with Gasteiger partial charge in [0.25, 0.3) is 0 Å². The monoisotopic (exact) mass is 403 g/mol. The van der Waals surface area contributed by atoms with Crippen LogP contribution in [0.25, 0.3) is 6.08 Å². The van der Waals surface area contributed by atoms with Crippen LogP contribution in [0.1, 0.15) is 60.1 Å². The number of carbonyl (C=O) groups excluding carboxylic acids is 2. The maximum Gasteiger partial charge on any atom is 0.413 e. The van der Waals surface area contributed by atoms with E-state index in [1.165, 1.54) is 0 Å². The molecule has 2 rings (SSSR count). The molecule has 160 valence electrons. The molecule has 29 heavy (non-hydrogen) atoms. The van der Waals surface area contributed by atoms with Crippen molar-refractivity contribution in [2.24, 2.45) is 11.3 Å². The molecule has 1 aliphatic heterocycles. The molecule has 0 atom stereocenters. The second-order valence-electron chi connectivity index (χ2n) is 9.33. The van der Waals surface area contributed by atoms with Gasteiger partial charge in [-0.1, -0.05) is 12.1 Å². The van der Waals surface area contributed by atoms with E-state index in [9.17, 15) is 9.59 Å². The first-order valence-electron chi connectivity index (χ1n) is 10.0. The third kappa shape index (κ3) is 8.23. The average molecular weight is 404 g/mol. The summed E-state index contributed by atoms with van der Waals surface area (Å²) in [6.07, 6.45) is 5.38. The van der Waals surface area contributed by atoms with Gasteiger partial charge < -0.3 is 9.57 Å². The van der Waals surface area contributed by atoms with Crippen molar-refractivity contribution in [3.63, 3.8) is 0 Å². The topological polar surface area (TPSA) is 80.8 Å². The number of ether oxygens (including phenoxy) is 1. The van der Waals surface area contributed by atoms with E-state index < -0.39 is 17.1 Å². The summed E-state index contributed by atoms with van der Waals surface area (Å²) in [5.74, 6) is 0.638. The Hall–Kier alpha value is -2.41. The van der Waals surface area contributed by atoms with Crippen LogP contribution < -0.4 is 5.32 Å². The summed E-state index contributed by atoms with van der Waals surface area (Å²) in [5, 5.41) is 4.40. The third-order valence-electron chi connectivity index (χ3n) is 4.26. The Morgan fingerprint density at radius 3 is 2.38 bits per heavy atom. The van der Waals surface area contributed by atoms with Gasteiger partial charge in [-0.2, -0.15) is 0 Å². The molecular weight excluding hydrogens is 370 g/mol. The number of aromatic nitrogens is 1. The van der Waals surface area contributed by atoms with E-state index in [1.54, 1.807) is 11.1 Å². The Kier molecular flexibility index (Phi) is 7.41. The molecule has 0 spiro atoms. The Morgan fingerprint density at radius 2 is 1.79 bits per heavy atom. The molecule has 0 radical (unpaired) electrons. The van der Waals surface area contributed by atoms with Gasteiger partial charge in [0, 0.05) is 13.1 Å². The SMILES string of the molecule is CC(C)(C)OC(=O)Nc1cccc(C=CC2CCN(OC(=O)C(C)(C)C)CC2)n1. The van der Waals surface area contributed by atoms with Crippen molar-refractivity contribution in [2.45, 2.75) is 60.0 Å². The molecule has 0 bridgehead atoms. The molecule has 1 aromatic heterocycles. The van der Waals surface area contributed by atoms with Crippen LogP contribution in [0, 0.1) is 11.3 Å². The summed E-state index contributed by atoms with van der Waals surface area (Å²) in [7, 11) is 0. The molecule has 0 unspecified atom stereocenters. The van der Waals surface area contributed by atoms with Crippen LogP contribution >= 0.6 is 0 Å². The predicted octanol–water partition coefficient (Wildman–Crippen LogP) is 4.66. The first kappa shape index (κ1) is 22.9. The van der Waals surface area contributed by atoms with Gasteiger partial charge in [-0.05, 0) is 78.5 Å². The first-order chi connectivity index (χ1) is 13.4. The summed E-state index contributed by atoms with van der Waals surface area (Å²) in [5.41, 5.74) is -0.293. The van der Waals surface area contributed by atoms with E-state index in [4.69, 9.17) is 9.57 Å². The highest BCUT2D eigenvalue weighted by atomic mass is 16.7. The summed E-state index contributed by atoms with van der Waals surface area (Å²) in [6.45, 7) is 12.4. The minimum atomic E-state index is -0.558. The van der Waals surface area contributed by atoms with Crippen molar-refractivity contribution in [1.82, 2.24) is 10.0 Å². The number of allylic oxidation sites excluding steroid dienone is 1. The predicted molar refractivity (Wildman–Crippen MR) is 113 cm³/mol. The van der Waals surface area contributed by atoms with Gasteiger partial charge in [0.05, 0.1) is 11.1 Å². The third-order valence-corrected chi connectivity index (χ3v) is 4.26. The molecule has 1 aliphatic rings. The quantitative estimate of drug-likeness (QED) is 0.788. The second-order valence-corrected chi connectivity index (χ2v) is 9.33. The highest BCUT2D eigenvalue weighted by molar-refractivity contribution is 5.83. The van der Waals surface area contributed by atoms with Crippen molar-refractivity contribution in [1.29, 1.82) is 0 Å². The molecule has 0 saturated carbocycles. The second kappa shape index (κ2) is 9.39. The Morgan fingerprint density at radius 1 is 1.14 bits per heavy atom. The Labute approximate surface area is 173 Å². The lowest BCUT2D eigenvalue weighted by Crippen LogP contribution is -2.38. The van der Waals surface area contributed by atoms with Crippen LogP contribution in [0.5, 0.6) is 0 Å². The smallest absolute Gasteiger partial charge is 0.413 e. The van der Waals surface area contributed by atoms with Gasteiger partial charge in [-0.25, -0.2) is 14.6 Å². The molecule has 1 aromatic rings. The van der Waals surface area contributed by atoms with Crippen molar-refractivity contribution in [2.75, 3.05) is 18.4 Å². The van der Waals surface area contributed by atoms with E-state index >= 15 is 0 Å². The van der Waals surface area contributed by atoms with Crippen LogP contribution in [-0.4, -0.2) is 40.8 Å². The molecular formula is C22H33N3O4. The van der Waals surface area contributed by atoms with Crippen molar-refractivity contribution >= 4 is 24.0 Å². The molecule has 1 amide bonds. The summed E-state index contributed by atoms with van der Waals surface area (Å²) >= 11 is 0. The molecule has 1 fully saturated rings. The van der Waals surface area contributed by atoms with Crippen molar-refractivity contribution in [3.8, 4) is 0 Å². The lowest BCUT2D eigenvalue weighted by Gasteiger charge is -2.31. The largest absolute Gasteiger partial charge is 0.444 e. The van der Waals surface area contributed by atoms with Crippen LogP contribution in [0.4, 0.5) is 10.6 Å². The van der Waals surface area contributed by atoms with Crippen LogP contribution in [0.2, 0.25) is 0 Å². The molecule has 1 saturated heterocycles. The lowest BCUT2D eigenvalue weighted by molar-refractivity contribution is -0.205. The zero-order chi connectivity index (χ0) is 21.7. The number of amides is 1. The van der Waals surface area contributed by atoms with E-state index in [0.717, 1.165) is 18.5 Å². The summed E-state index contributed by atoms with van der Waals surface area (Å²) in [4.78, 5) is 33.8. The Bertz CT molecular complexity index is 739. The molecule has 1 N–H and O–H groups in total. The van der Waals surface area contributed by atoms with Crippen molar-refractivity contribution < 1.29 is 19.2 Å². The van der Waals surface area contributed by atoms with Gasteiger partial charge in [-0.3, -0.25) is 5.32 Å². The van der Waals surface area contributed by atoms with E-state index in [-0.39, 0.29) is 5.97 Å². The number of carbonyl (C=O) groups is 2. The number of anilines is 1. The zero-order valence-electron chi connectivity index (χ0n) is 18.3. The van der Waals surface area contributed by atoms with Crippen LogP contribution in [0.15, 0.2) is 24.3 Å². The average Bonchev–Trinajstić information content (AvgIpc) is 2.59. The molecule has 2 heterocycles. The maximum absolute atomic E-state index is 12.0. The molecule has 7 nitrogen and oxygen atoms in total. The van der Waals surface area contributed by atoms with Crippen molar-refractivity contribution in [3.05, 3.63) is 30.0 Å². The fraction of sp³-hybridized carbons (Fsp3) is 0.591. The van der Waals surface area contributed by atoms with E-state index in [0.29, 0.717) is 24.8 Å². The Balaban J connectivity index is 1.85. The zero-order valence-corrected chi connectivity index (χ0v) is 18.3. The molecule has 0 aliphatic carbocycles. The number of nitrogens with zero attached hydrogens (tertiary/aromatic N) is 2. The summed E-state index contributed by atoms with van der Waals surface area (Å²) < 4.78 is 5.25. The van der Waals surface area contributed by atoms with Gasteiger partial charge in [0.2, 0.25) is 0 Å². The number of rotatable bonds is 4. The standard InChI is InChI=1S/C22H33N3O4/c1-21(2,3)19(26)29-25-14-12-16(13-15-25)10-11-17-8-7-9-18(23-17)24-20(27)28-22(4,5)6/h7-11,16H,12-15H2,1-6H3,(H,23,24,27). The number of piperidine rings is 1. The van der Waals surface area contributed by atoms with Crippen LogP contribution in [0.3, 0.4) is 0 Å². The lowest BCUT2D eigenvalue weighted by atomic mass is 9.96. The van der Waals surface area contributed by atoms with E-state index in [2.05, 4.69) is 16.4 Å². The van der Waals surface area contributed by atoms with Gasteiger partial charge in [0.1, 0.15) is 11.4 Å². The summed E-state index contributed by atoms with van der Waals surface area (Å²) in [6, 6.07) is 5.45. The molecule has 7 heteroatoms. The highest BCUT2D eigenvalue weighted by Crippen LogP contribution is 2.22. The van der Waals surface area contributed by atoms with Gasteiger partial charge in [-0.15, -0.1) is 5.06 Å². The minimum absolute atomic E-state index is 0.204. The maximum atomic E-state index is 12.0. The fourth-order valence-electron chi connectivity index (χ4n) is 2.67. The van der Waals surface area contributed by atoms with Gasteiger partial charge >= 0.3 is 12.1 Å². The first-order valence-corrected chi connectivity index (χ1v) is 10.0. The van der Waals surface area contributed by atoms with E-state index in [1.807, 2.05) is 59.8 Å². The highest BCUT2D eigenvalue weighted by Gasteiger charge is 2.27. The fourth-order valence-corrected chi connectivity index (χ4v) is 2.67. The van der Waals surface area contributed by atoms with Gasteiger partial charge in [0.15, 0.2) is 0 Å². The van der Waals surface area contributed by atoms with Crippen LogP contribution in [-0.2, 0) is 14.4 Å². The number of hydroxylamine groups is 2. The number of hydrogen-bond donors (Lipinski definition) is 1. The number of pyridine rings is 1. The number of nitrogens with one attached hydrogen (secondary N) is 1.